The van der Waals surface area contributed by atoms with Gasteiger partial charge in [0.2, 0.25) is 0 Å². The number of nitro groups is 1. The molecule has 1 amide bonds. The van der Waals surface area contributed by atoms with Crippen LogP contribution in [0.5, 0.6) is 5.75 Å². The molecule has 1 heterocycles. The van der Waals surface area contributed by atoms with Gasteiger partial charge in [-0.1, -0.05) is 36.4 Å². The van der Waals surface area contributed by atoms with E-state index < -0.39 is 10.9 Å². The summed E-state index contributed by atoms with van der Waals surface area (Å²) in [6.07, 6.45) is 5.69. The first kappa shape index (κ1) is 26.0. The van der Waals surface area contributed by atoms with Crippen LogP contribution in [0, 0.1) is 10.1 Å². The normalized spacial score (nSPS) is 12.6. The van der Waals surface area contributed by atoms with Crippen LogP contribution in [0.4, 0.5) is 10.7 Å². The van der Waals surface area contributed by atoms with Crippen molar-refractivity contribution in [2.75, 3.05) is 0 Å². The van der Waals surface area contributed by atoms with Crippen molar-refractivity contribution in [3.63, 3.8) is 0 Å². The highest BCUT2D eigenvalue weighted by atomic mass is 32.1. The Bertz CT molecular complexity index is 1540. The molecule has 0 unspecified atom stereocenters. The van der Waals surface area contributed by atoms with Gasteiger partial charge in [0.1, 0.15) is 10.8 Å². The molecule has 1 N–H and O–H groups in total. The minimum atomic E-state index is -0.685. The van der Waals surface area contributed by atoms with Crippen LogP contribution in [0.2, 0.25) is 0 Å². The number of benzene rings is 3. The van der Waals surface area contributed by atoms with E-state index in [4.69, 9.17) is 4.74 Å². The van der Waals surface area contributed by atoms with Crippen molar-refractivity contribution >= 4 is 40.1 Å². The first-order valence-corrected chi connectivity index (χ1v) is 13.4. The van der Waals surface area contributed by atoms with E-state index in [1.165, 1.54) is 29.1 Å². The topological polar surface area (TPSA) is 111 Å². The summed E-state index contributed by atoms with van der Waals surface area (Å²) in [5, 5.41) is 14.7. The van der Waals surface area contributed by atoms with Gasteiger partial charge in [0, 0.05) is 29.8 Å². The number of thiophene rings is 1. The predicted molar refractivity (Wildman–Crippen MR) is 150 cm³/mol. The van der Waals surface area contributed by atoms with E-state index in [0.29, 0.717) is 22.9 Å². The van der Waals surface area contributed by atoms with Crippen LogP contribution >= 0.6 is 11.3 Å². The molecule has 0 aliphatic heterocycles. The highest BCUT2D eigenvalue weighted by molar-refractivity contribution is 7.16. The van der Waals surface area contributed by atoms with Gasteiger partial charge in [0.25, 0.3) is 11.6 Å². The van der Waals surface area contributed by atoms with E-state index in [1.807, 2.05) is 30.3 Å². The number of carbonyl (C=O) groups is 2. The Morgan fingerprint density at radius 1 is 1.00 bits per heavy atom. The summed E-state index contributed by atoms with van der Waals surface area (Å²) in [6, 6.07) is 22.0. The molecule has 196 valence electrons. The van der Waals surface area contributed by atoms with Crippen LogP contribution in [0.25, 0.3) is 0 Å². The van der Waals surface area contributed by atoms with E-state index in [0.717, 1.165) is 42.4 Å². The molecule has 8 nitrogen and oxygen atoms in total. The molecule has 1 aliphatic carbocycles. The molecule has 0 saturated heterocycles. The lowest BCUT2D eigenvalue weighted by Gasteiger charge is -2.12. The van der Waals surface area contributed by atoms with Gasteiger partial charge in [-0.3, -0.25) is 14.9 Å². The van der Waals surface area contributed by atoms with Gasteiger partial charge in [-0.25, -0.2) is 9.79 Å². The highest BCUT2D eigenvalue weighted by Crippen LogP contribution is 2.40. The van der Waals surface area contributed by atoms with E-state index in [-0.39, 0.29) is 17.2 Å². The number of nitrogens with zero attached hydrogens (tertiary/aromatic N) is 2. The SMILES string of the molecule is O=C(Oc1ccc(C=Nc2sc3c(c2C(=O)NCc2ccccc2)CCCC3)cc1)c1cccc([N+](=O)[O-])c1. The van der Waals surface area contributed by atoms with Gasteiger partial charge in [0.05, 0.1) is 16.1 Å². The number of nitrogens with one attached hydrogen (secondary N) is 1. The molecule has 4 aromatic rings. The Labute approximate surface area is 229 Å². The summed E-state index contributed by atoms with van der Waals surface area (Å²) in [5.41, 5.74) is 3.48. The maximum atomic E-state index is 13.2. The second kappa shape index (κ2) is 11.8. The third-order valence-corrected chi connectivity index (χ3v) is 7.59. The zero-order valence-electron chi connectivity index (χ0n) is 21.0. The van der Waals surface area contributed by atoms with Crippen molar-refractivity contribution < 1.29 is 19.2 Å². The average molecular weight is 540 g/mol. The molecular weight excluding hydrogens is 514 g/mol. The van der Waals surface area contributed by atoms with Crippen molar-refractivity contribution in [1.29, 1.82) is 0 Å². The van der Waals surface area contributed by atoms with Crippen LogP contribution in [0.15, 0.2) is 83.9 Å². The largest absolute Gasteiger partial charge is 0.423 e. The molecule has 0 radical (unpaired) electrons. The molecule has 9 heteroatoms. The quantitative estimate of drug-likeness (QED) is 0.0911. The third kappa shape index (κ3) is 6.27. The first-order valence-electron chi connectivity index (χ1n) is 12.6. The number of esters is 1. The summed E-state index contributed by atoms with van der Waals surface area (Å²) >= 11 is 1.57. The fourth-order valence-corrected chi connectivity index (χ4v) is 5.64. The number of aryl methyl sites for hydroxylation is 1. The fourth-order valence-electron chi connectivity index (χ4n) is 4.41. The summed E-state index contributed by atoms with van der Waals surface area (Å²) < 4.78 is 5.37. The highest BCUT2D eigenvalue weighted by Gasteiger charge is 2.25. The Hall–Kier alpha value is -4.63. The molecule has 1 aliphatic rings. The van der Waals surface area contributed by atoms with Crippen molar-refractivity contribution in [1.82, 2.24) is 5.32 Å². The fraction of sp³-hybridized carbons (Fsp3) is 0.167. The maximum absolute atomic E-state index is 13.2. The van der Waals surface area contributed by atoms with Crippen LogP contribution in [-0.4, -0.2) is 23.0 Å². The molecule has 5 rings (SSSR count). The van der Waals surface area contributed by atoms with Crippen LogP contribution in [0.1, 0.15) is 55.1 Å². The first-order chi connectivity index (χ1) is 19.0. The van der Waals surface area contributed by atoms with Crippen molar-refractivity contribution in [2.45, 2.75) is 32.2 Å². The molecule has 39 heavy (non-hydrogen) atoms. The van der Waals surface area contributed by atoms with Gasteiger partial charge >= 0.3 is 5.97 Å². The smallest absolute Gasteiger partial charge is 0.343 e. The minimum Gasteiger partial charge on any atom is -0.423 e. The molecule has 0 spiro atoms. The molecule has 1 aromatic heterocycles. The zero-order chi connectivity index (χ0) is 27.2. The van der Waals surface area contributed by atoms with Gasteiger partial charge in [-0.05, 0) is 72.7 Å². The molecule has 0 fully saturated rings. The van der Waals surface area contributed by atoms with E-state index in [2.05, 4.69) is 10.3 Å². The van der Waals surface area contributed by atoms with Crippen LogP contribution < -0.4 is 10.1 Å². The van der Waals surface area contributed by atoms with Crippen LogP contribution in [0.3, 0.4) is 0 Å². The number of fused-ring (bicyclic) bond motifs is 1. The number of amides is 1. The Kier molecular flexibility index (Phi) is 7.88. The summed E-state index contributed by atoms with van der Waals surface area (Å²) in [4.78, 5) is 42.0. The molecule has 0 atom stereocenters. The van der Waals surface area contributed by atoms with Crippen molar-refractivity contribution in [3.05, 3.63) is 122 Å². The maximum Gasteiger partial charge on any atom is 0.343 e. The lowest BCUT2D eigenvalue weighted by Crippen LogP contribution is -2.24. The van der Waals surface area contributed by atoms with E-state index in [1.54, 1.807) is 41.8 Å². The molecular formula is C30H25N3O5S. The zero-order valence-corrected chi connectivity index (χ0v) is 21.8. The van der Waals surface area contributed by atoms with Gasteiger partial charge in [-0.2, -0.15) is 0 Å². The number of hydrogen-bond donors (Lipinski definition) is 1. The minimum absolute atomic E-state index is 0.0922. The predicted octanol–water partition coefficient (Wildman–Crippen LogP) is 6.43. The molecule has 3 aromatic carbocycles. The van der Waals surface area contributed by atoms with Gasteiger partial charge in [-0.15, -0.1) is 11.3 Å². The number of aliphatic imine (C=N–C) groups is 1. The lowest BCUT2D eigenvalue weighted by molar-refractivity contribution is -0.384. The van der Waals surface area contributed by atoms with Crippen molar-refractivity contribution in [3.8, 4) is 5.75 Å². The average Bonchev–Trinajstić information content (AvgIpc) is 3.34. The number of rotatable bonds is 8. The van der Waals surface area contributed by atoms with E-state index in [9.17, 15) is 19.7 Å². The van der Waals surface area contributed by atoms with Crippen molar-refractivity contribution in [2.24, 2.45) is 4.99 Å². The monoisotopic (exact) mass is 539 g/mol. The number of hydrogen-bond acceptors (Lipinski definition) is 7. The standard InChI is InChI=1S/C30H25N3O5S/c34-28(31-18-20-7-2-1-3-8-20)27-25-11-4-5-12-26(25)39-29(27)32-19-21-13-15-24(16-14-21)38-30(35)22-9-6-10-23(17-22)33(36)37/h1-3,6-10,13-17,19H,4-5,11-12,18H2,(H,31,34). The number of carbonyl (C=O) groups excluding carboxylic acids is 2. The lowest BCUT2D eigenvalue weighted by atomic mass is 9.95. The number of ether oxygens (including phenoxy) is 1. The third-order valence-electron chi connectivity index (χ3n) is 6.39. The Morgan fingerprint density at radius 3 is 2.54 bits per heavy atom. The Morgan fingerprint density at radius 2 is 1.77 bits per heavy atom. The second-order valence-electron chi connectivity index (χ2n) is 9.08. The number of nitro benzene ring substituents is 1. The second-order valence-corrected chi connectivity index (χ2v) is 10.2. The summed E-state index contributed by atoms with van der Waals surface area (Å²) in [6.45, 7) is 0.448. The number of non-ortho nitro benzene ring substituents is 1. The van der Waals surface area contributed by atoms with E-state index >= 15 is 0 Å². The summed E-state index contributed by atoms with van der Waals surface area (Å²) in [7, 11) is 0. The Balaban J connectivity index is 1.30. The summed E-state index contributed by atoms with van der Waals surface area (Å²) in [5.74, 6) is -0.500. The molecule has 0 bridgehead atoms. The van der Waals surface area contributed by atoms with Gasteiger partial charge < -0.3 is 10.1 Å². The molecule has 0 saturated carbocycles. The van der Waals surface area contributed by atoms with Gasteiger partial charge in [0.15, 0.2) is 0 Å². The van der Waals surface area contributed by atoms with Crippen LogP contribution in [-0.2, 0) is 19.4 Å².